The standard InChI is InChI=1S/C12H14N2O2S/c1-3-14-9(2)8-17-12(14)13-7-10(15)11-5-4-6-16-11/h4-6H,2-3,7-8H2,1H3. The van der Waals surface area contributed by atoms with Crippen LogP contribution in [0.2, 0.25) is 0 Å². The summed E-state index contributed by atoms with van der Waals surface area (Å²) in [6.45, 7) is 6.95. The van der Waals surface area contributed by atoms with Gasteiger partial charge in [-0.2, -0.15) is 0 Å². The molecule has 0 radical (unpaired) electrons. The lowest BCUT2D eigenvalue weighted by atomic mass is 10.3. The van der Waals surface area contributed by atoms with Crippen LogP contribution in [0.4, 0.5) is 0 Å². The van der Waals surface area contributed by atoms with Crippen molar-refractivity contribution >= 4 is 22.7 Å². The molecule has 4 nitrogen and oxygen atoms in total. The SMILES string of the molecule is C=C1CSC(=NCC(=O)c2ccco2)N1CC. The maximum atomic E-state index is 11.7. The third kappa shape index (κ3) is 2.61. The van der Waals surface area contributed by atoms with Gasteiger partial charge in [-0.3, -0.25) is 9.79 Å². The summed E-state index contributed by atoms with van der Waals surface area (Å²) in [7, 11) is 0. The van der Waals surface area contributed by atoms with Gasteiger partial charge in [0.2, 0.25) is 5.78 Å². The van der Waals surface area contributed by atoms with E-state index < -0.39 is 0 Å². The summed E-state index contributed by atoms with van der Waals surface area (Å²) in [5, 5.41) is 0.873. The van der Waals surface area contributed by atoms with E-state index in [9.17, 15) is 4.79 Å². The van der Waals surface area contributed by atoms with Crippen molar-refractivity contribution in [2.45, 2.75) is 6.92 Å². The molecule has 0 spiro atoms. The Bertz CT molecular complexity index is 451. The van der Waals surface area contributed by atoms with Crippen molar-refractivity contribution in [2.75, 3.05) is 18.8 Å². The number of aliphatic imine (C=N–C) groups is 1. The third-order valence-corrected chi connectivity index (χ3v) is 3.54. The fourth-order valence-electron chi connectivity index (χ4n) is 1.58. The van der Waals surface area contributed by atoms with Gasteiger partial charge >= 0.3 is 0 Å². The van der Waals surface area contributed by atoms with Gasteiger partial charge in [-0.15, -0.1) is 0 Å². The van der Waals surface area contributed by atoms with Crippen molar-refractivity contribution in [1.82, 2.24) is 4.90 Å². The zero-order valence-electron chi connectivity index (χ0n) is 9.68. The lowest BCUT2D eigenvalue weighted by Crippen LogP contribution is -2.22. The van der Waals surface area contributed by atoms with Crippen LogP contribution < -0.4 is 0 Å². The molecule has 0 saturated carbocycles. The molecule has 0 atom stereocenters. The molecule has 0 aromatic carbocycles. The van der Waals surface area contributed by atoms with Crippen molar-refractivity contribution in [3.8, 4) is 0 Å². The summed E-state index contributed by atoms with van der Waals surface area (Å²) in [5.41, 5.74) is 1.04. The van der Waals surface area contributed by atoms with Gasteiger partial charge in [0.25, 0.3) is 0 Å². The fraction of sp³-hybridized carbons (Fsp3) is 0.333. The highest BCUT2D eigenvalue weighted by Crippen LogP contribution is 2.25. The highest BCUT2D eigenvalue weighted by atomic mass is 32.2. The molecule has 90 valence electrons. The zero-order chi connectivity index (χ0) is 12.3. The molecule has 5 heteroatoms. The lowest BCUT2D eigenvalue weighted by Gasteiger charge is -2.15. The van der Waals surface area contributed by atoms with E-state index >= 15 is 0 Å². The molecule has 0 aliphatic carbocycles. The highest BCUT2D eigenvalue weighted by Gasteiger charge is 2.21. The van der Waals surface area contributed by atoms with Crippen molar-refractivity contribution in [3.63, 3.8) is 0 Å². The van der Waals surface area contributed by atoms with Gasteiger partial charge < -0.3 is 9.32 Å². The third-order valence-electron chi connectivity index (χ3n) is 2.45. The van der Waals surface area contributed by atoms with E-state index in [1.807, 2.05) is 11.8 Å². The molecule has 1 fully saturated rings. The van der Waals surface area contributed by atoms with Gasteiger partial charge in [0.15, 0.2) is 10.9 Å². The number of Topliss-reactive ketones (excluding diaryl/α,β-unsaturated/α-hetero) is 1. The van der Waals surface area contributed by atoms with E-state index in [1.54, 1.807) is 23.9 Å². The first-order valence-electron chi connectivity index (χ1n) is 5.41. The monoisotopic (exact) mass is 250 g/mol. The van der Waals surface area contributed by atoms with Crippen LogP contribution in [0.25, 0.3) is 0 Å². The summed E-state index contributed by atoms with van der Waals surface area (Å²) in [4.78, 5) is 18.0. The van der Waals surface area contributed by atoms with Crippen LogP contribution in [0.1, 0.15) is 17.5 Å². The normalized spacial score (nSPS) is 18.1. The number of thioether (sulfide) groups is 1. The van der Waals surface area contributed by atoms with Crippen molar-refractivity contribution < 1.29 is 9.21 Å². The summed E-state index contributed by atoms with van der Waals surface area (Å²) >= 11 is 1.62. The molecule has 1 saturated heterocycles. The van der Waals surface area contributed by atoms with E-state index in [1.165, 1.54) is 6.26 Å². The Hall–Kier alpha value is -1.49. The minimum atomic E-state index is -0.100. The smallest absolute Gasteiger partial charge is 0.219 e. The second-order valence-corrected chi connectivity index (χ2v) is 4.54. The largest absolute Gasteiger partial charge is 0.461 e. The minimum absolute atomic E-state index is 0.100. The van der Waals surface area contributed by atoms with Crippen molar-refractivity contribution in [2.24, 2.45) is 4.99 Å². The molecule has 2 rings (SSSR count). The van der Waals surface area contributed by atoms with Crippen molar-refractivity contribution in [1.29, 1.82) is 0 Å². The topological polar surface area (TPSA) is 45.8 Å². The van der Waals surface area contributed by atoms with Crippen LogP contribution >= 0.6 is 11.8 Å². The van der Waals surface area contributed by atoms with E-state index in [0.29, 0.717) is 5.76 Å². The molecule has 1 aliphatic heterocycles. The summed E-state index contributed by atoms with van der Waals surface area (Å²) in [6.07, 6.45) is 1.49. The maximum Gasteiger partial charge on any atom is 0.219 e. The molecule has 17 heavy (non-hydrogen) atoms. The molecule has 2 heterocycles. The maximum absolute atomic E-state index is 11.7. The Morgan fingerprint density at radius 1 is 1.71 bits per heavy atom. The number of ketones is 1. The highest BCUT2D eigenvalue weighted by molar-refractivity contribution is 8.14. The Labute approximate surface area is 104 Å². The molecular formula is C12H14N2O2S. The van der Waals surface area contributed by atoms with Crippen LogP contribution in [-0.4, -0.2) is 34.7 Å². The summed E-state index contributed by atoms with van der Waals surface area (Å²) in [6, 6.07) is 3.35. The molecule has 1 aromatic heterocycles. The fourth-order valence-corrected chi connectivity index (χ4v) is 2.60. The Morgan fingerprint density at radius 3 is 3.18 bits per heavy atom. The Morgan fingerprint density at radius 2 is 2.53 bits per heavy atom. The number of carbonyl (C=O) groups is 1. The van der Waals surface area contributed by atoms with Gasteiger partial charge in [0.05, 0.1) is 6.26 Å². The summed E-state index contributed by atoms with van der Waals surface area (Å²) in [5.74, 6) is 1.11. The van der Waals surface area contributed by atoms with Gasteiger partial charge in [-0.25, -0.2) is 0 Å². The molecule has 1 aliphatic rings. The van der Waals surface area contributed by atoms with Crippen LogP contribution in [0, 0.1) is 0 Å². The Balaban J connectivity index is 2.01. The molecule has 0 bridgehead atoms. The quantitative estimate of drug-likeness (QED) is 0.770. The predicted molar refractivity (Wildman–Crippen MR) is 69.3 cm³/mol. The van der Waals surface area contributed by atoms with Crippen molar-refractivity contribution in [3.05, 3.63) is 36.4 Å². The number of amidine groups is 1. The second-order valence-electron chi connectivity index (χ2n) is 3.60. The molecule has 0 N–H and O–H groups in total. The number of carbonyl (C=O) groups excluding carboxylic acids is 1. The van der Waals surface area contributed by atoms with Gasteiger partial charge in [-0.05, 0) is 19.1 Å². The number of rotatable bonds is 4. The van der Waals surface area contributed by atoms with E-state index in [2.05, 4.69) is 11.6 Å². The van der Waals surface area contributed by atoms with Crippen LogP contribution in [0.15, 0.2) is 40.1 Å². The first-order valence-corrected chi connectivity index (χ1v) is 6.40. The van der Waals surface area contributed by atoms with Gasteiger partial charge in [0.1, 0.15) is 6.54 Å². The number of furan rings is 1. The first kappa shape index (κ1) is 12.0. The number of hydrogen-bond acceptors (Lipinski definition) is 4. The van der Waals surface area contributed by atoms with Crippen LogP contribution in [0.3, 0.4) is 0 Å². The molecule has 1 aromatic rings. The minimum Gasteiger partial charge on any atom is -0.461 e. The second kappa shape index (κ2) is 5.23. The number of hydrogen-bond donors (Lipinski definition) is 0. The molecular weight excluding hydrogens is 236 g/mol. The number of nitrogens with zero attached hydrogens (tertiary/aromatic N) is 2. The Kier molecular flexibility index (Phi) is 3.68. The molecule has 0 amide bonds. The van der Waals surface area contributed by atoms with E-state index in [0.717, 1.165) is 23.2 Å². The van der Waals surface area contributed by atoms with E-state index in [-0.39, 0.29) is 12.3 Å². The zero-order valence-corrected chi connectivity index (χ0v) is 10.5. The van der Waals surface area contributed by atoms with E-state index in [4.69, 9.17) is 4.42 Å². The van der Waals surface area contributed by atoms with Crippen LogP contribution in [0.5, 0.6) is 0 Å². The first-order chi connectivity index (χ1) is 8.22. The average molecular weight is 250 g/mol. The predicted octanol–water partition coefficient (Wildman–Crippen LogP) is 2.40. The molecule has 0 unspecified atom stereocenters. The average Bonchev–Trinajstić information content (AvgIpc) is 2.95. The summed E-state index contributed by atoms with van der Waals surface area (Å²) < 4.78 is 5.03. The van der Waals surface area contributed by atoms with Crippen LogP contribution in [-0.2, 0) is 0 Å². The lowest BCUT2D eigenvalue weighted by molar-refractivity contribution is 0.0975. The van der Waals surface area contributed by atoms with Gasteiger partial charge in [0, 0.05) is 18.0 Å². The van der Waals surface area contributed by atoms with Gasteiger partial charge in [-0.1, -0.05) is 18.3 Å².